The van der Waals surface area contributed by atoms with Gasteiger partial charge in [-0.3, -0.25) is 24.5 Å². The van der Waals surface area contributed by atoms with Gasteiger partial charge in [-0.2, -0.15) is 0 Å². The molecule has 212 valence electrons. The van der Waals surface area contributed by atoms with Crippen LogP contribution in [0.25, 0.3) is 6.08 Å². The second kappa shape index (κ2) is 14.3. The Morgan fingerprint density at radius 2 is 1.57 bits per heavy atom. The van der Waals surface area contributed by atoms with Gasteiger partial charge in [-0.05, 0) is 72.3 Å². The molecule has 10 nitrogen and oxygen atoms in total. The van der Waals surface area contributed by atoms with E-state index in [1.807, 2.05) is 0 Å². The lowest BCUT2D eigenvalue weighted by Crippen LogP contribution is -2.30. The lowest BCUT2D eigenvalue weighted by atomic mass is 10.1. The molecule has 3 amide bonds. The molecular weight excluding hydrogens is 556 g/mol. The number of hydrogen-bond acceptors (Lipinski definition) is 7. The number of thioether (sulfide) groups is 1. The molecule has 0 heterocycles. The minimum Gasteiger partial charge on any atom is -0.497 e. The highest BCUT2D eigenvalue weighted by Gasteiger charge is 2.16. The van der Waals surface area contributed by atoms with E-state index in [-0.39, 0.29) is 23.0 Å². The van der Waals surface area contributed by atoms with Gasteiger partial charge >= 0.3 is 0 Å². The summed E-state index contributed by atoms with van der Waals surface area (Å²) in [6, 6.07) is 28.0. The summed E-state index contributed by atoms with van der Waals surface area (Å²) >= 11 is 1.33. The monoisotopic (exact) mass is 582 g/mol. The van der Waals surface area contributed by atoms with Crippen LogP contribution in [0.3, 0.4) is 0 Å². The fraction of sp³-hybridized carbons (Fsp3) is 0.0645. The number of amides is 3. The third-order valence-corrected chi connectivity index (χ3v) is 6.79. The van der Waals surface area contributed by atoms with Crippen LogP contribution < -0.4 is 20.7 Å². The highest BCUT2D eigenvalue weighted by molar-refractivity contribution is 8.00. The normalized spacial score (nSPS) is 10.8. The maximum Gasteiger partial charge on any atom is 0.272 e. The molecule has 0 aromatic heterocycles. The number of methoxy groups -OCH3 is 1. The Morgan fingerprint density at radius 3 is 2.24 bits per heavy atom. The largest absolute Gasteiger partial charge is 0.497 e. The van der Waals surface area contributed by atoms with Gasteiger partial charge < -0.3 is 20.7 Å². The number of nitro groups is 1. The number of anilines is 2. The Morgan fingerprint density at radius 1 is 0.857 bits per heavy atom. The first kappa shape index (κ1) is 29.6. The van der Waals surface area contributed by atoms with E-state index in [1.165, 1.54) is 42.1 Å². The molecule has 0 aliphatic rings. The van der Waals surface area contributed by atoms with Gasteiger partial charge in [0, 0.05) is 40.0 Å². The van der Waals surface area contributed by atoms with Crippen LogP contribution in [0.5, 0.6) is 5.75 Å². The third-order valence-electron chi connectivity index (χ3n) is 5.78. The molecule has 0 atom stereocenters. The molecule has 0 aliphatic heterocycles. The second-order valence-electron chi connectivity index (χ2n) is 8.77. The molecule has 0 saturated carbocycles. The van der Waals surface area contributed by atoms with Crippen LogP contribution in [-0.2, 0) is 9.59 Å². The lowest BCUT2D eigenvalue weighted by Gasteiger charge is -2.12. The summed E-state index contributed by atoms with van der Waals surface area (Å²) in [7, 11) is 1.56. The summed E-state index contributed by atoms with van der Waals surface area (Å²) < 4.78 is 5.17. The van der Waals surface area contributed by atoms with Gasteiger partial charge in [-0.1, -0.05) is 24.3 Å². The standard InChI is InChI=1S/C31H26N4O6S/c1-41-26-9-5-8-24(19-26)32-29(36)20-42-27-16-12-23(13-17-27)33-31(38)28(34-30(37)22-6-3-2-4-7-22)18-21-10-14-25(15-11-21)35(39)40/h2-19H,20H2,1H3,(H,32,36)(H,33,38)(H,34,37)/b28-18-. The van der Waals surface area contributed by atoms with Crippen LogP contribution in [-0.4, -0.2) is 35.5 Å². The van der Waals surface area contributed by atoms with Gasteiger partial charge in [0.1, 0.15) is 11.4 Å². The number of carbonyl (C=O) groups excluding carboxylic acids is 3. The van der Waals surface area contributed by atoms with Crippen LogP contribution in [0.2, 0.25) is 0 Å². The van der Waals surface area contributed by atoms with Crippen molar-refractivity contribution in [2.24, 2.45) is 0 Å². The molecule has 0 spiro atoms. The highest BCUT2D eigenvalue weighted by Crippen LogP contribution is 2.22. The van der Waals surface area contributed by atoms with Crippen molar-refractivity contribution in [2.45, 2.75) is 4.90 Å². The van der Waals surface area contributed by atoms with Crippen molar-refractivity contribution in [1.82, 2.24) is 5.32 Å². The Balaban J connectivity index is 1.41. The fourth-order valence-corrected chi connectivity index (χ4v) is 4.38. The van der Waals surface area contributed by atoms with Gasteiger partial charge in [0.15, 0.2) is 0 Å². The number of ether oxygens (including phenoxy) is 1. The molecule has 0 fully saturated rings. The van der Waals surface area contributed by atoms with Crippen molar-refractivity contribution in [3.63, 3.8) is 0 Å². The Hall–Kier alpha value is -5.42. The third kappa shape index (κ3) is 8.54. The maximum absolute atomic E-state index is 13.2. The summed E-state index contributed by atoms with van der Waals surface area (Å²) in [5, 5.41) is 19.2. The average Bonchev–Trinajstić information content (AvgIpc) is 3.01. The zero-order valence-electron chi connectivity index (χ0n) is 22.4. The van der Waals surface area contributed by atoms with E-state index < -0.39 is 16.7 Å². The second-order valence-corrected chi connectivity index (χ2v) is 9.82. The molecule has 0 bridgehead atoms. The van der Waals surface area contributed by atoms with Crippen LogP contribution in [0.15, 0.2) is 114 Å². The first-order valence-corrected chi connectivity index (χ1v) is 13.6. The van der Waals surface area contributed by atoms with E-state index in [4.69, 9.17) is 4.74 Å². The van der Waals surface area contributed by atoms with Crippen LogP contribution in [0, 0.1) is 10.1 Å². The van der Waals surface area contributed by atoms with E-state index in [0.29, 0.717) is 28.3 Å². The smallest absolute Gasteiger partial charge is 0.272 e. The topological polar surface area (TPSA) is 140 Å². The number of nitrogens with one attached hydrogen (secondary N) is 3. The van der Waals surface area contributed by atoms with Crippen molar-refractivity contribution in [2.75, 3.05) is 23.5 Å². The molecule has 0 radical (unpaired) electrons. The molecule has 4 aromatic carbocycles. The predicted molar refractivity (Wildman–Crippen MR) is 162 cm³/mol. The quantitative estimate of drug-likeness (QED) is 0.0886. The molecule has 0 saturated heterocycles. The SMILES string of the molecule is COc1cccc(NC(=O)CSc2ccc(NC(=O)/C(=C/c3ccc([N+](=O)[O-])cc3)NC(=O)c3ccccc3)cc2)c1. The number of rotatable bonds is 11. The van der Waals surface area contributed by atoms with E-state index >= 15 is 0 Å². The van der Waals surface area contributed by atoms with Gasteiger partial charge in [0.2, 0.25) is 5.91 Å². The lowest BCUT2D eigenvalue weighted by molar-refractivity contribution is -0.384. The van der Waals surface area contributed by atoms with E-state index in [9.17, 15) is 24.5 Å². The first-order valence-electron chi connectivity index (χ1n) is 12.6. The highest BCUT2D eigenvalue weighted by atomic mass is 32.2. The van der Waals surface area contributed by atoms with Crippen molar-refractivity contribution in [3.05, 3.63) is 130 Å². The predicted octanol–water partition coefficient (Wildman–Crippen LogP) is 5.74. The molecule has 0 unspecified atom stereocenters. The van der Waals surface area contributed by atoms with Crippen molar-refractivity contribution < 1.29 is 24.0 Å². The van der Waals surface area contributed by atoms with Crippen LogP contribution in [0.1, 0.15) is 15.9 Å². The molecule has 11 heteroatoms. The fourth-order valence-electron chi connectivity index (χ4n) is 3.68. The number of carbonyl (C=O) groups is 3. The van der Waals surface area contributed by atoms with E-state index in [1.54, 1.807) is 86.0 Å². The number of benzene rings is 4. The summed E-state index contributed by atoms with van der Waals surface area (Å²) in [5.41, 5.74) is 1.80. The van der Waals surface area contributed by atoms with E-state index in [2.05, 4.69) is 16.0 Å². The molecular formula is C31H26N4O6S. The Bertz CT molecular complexity index is 1610. The van der Waals surface area contributed by atoms with Gasteiger partial charge in [-0.15, -0.1) is 11.8 Å². The first-order chi connectivity index (χ1) is 20.3. The number of non-ortho nitro benzene ring substituents is 1. The molecule has 3 N–H and O–H groups in total. The minimum atomic E-state index is -0.587. The van der Waals surface area contributed by atoms with Crippen molar-refractivity contribution in [3.8, 4) is 5.75 Å². The van der Waals surface area contributed by atoms with E-state index in [0.717, 1.165) is 4.90 Å². The van der Waals surface area contributed by atoms with Crippen LogP contribution >= 0.6 is 11.8 Å². The molecule has 4 aromatic rings. The van der Waals surface area contributed by atoms with Crippen molar-refractivity contribution in [1.29, 1.82) is 0 Å². The van der Waals surface area contributed by atoms with Gasteiger partial charge in [0.25, 0.3) is 17.5 Å². The van der Waals surface area contributed by atoms with Crippen LogP contribution in [0.4, 0.5) is 17.1 Å². The zero-order valence-corrected chi connectivity index (χ0v) is 23.2. The number of nitrogens with zero attached hydrogens (tertiary/aromatic N) is 1. The minimum absolute atomic E-state index is 0.0506. The molecule has 0 aliphatic carbocycles. The molecule has 42 heavy (non-hydrogen) atoms. The Labute approximate surface area is 245 Å². The summed E-state index contributed by atoms with van der Waals surface area (Å²) in [6.45, 7) is 0. The van der Waals surface area contributed by atoms with Gasteiger partial charge in [-0.25, -0.2) is 0 Å². The number of nitro benzene ring substituents is 1. The zero-order chi connectivity index (χ0) is 29.9. The average molecular weight is 583 g/mol. The summed E-state index contributed by atoms with van der Waals surface area (Å²) in [4.78, 5) is 49.7. The summed E-state index contributed by atoms with van der Waals surface area (Å²) in [6.07, 6.45) is 1.44. The summed E-state index contributed by atoms with van der Waals surface area (Å²) in [5.74, 6) is -0.436. The van der Waals surface area contributed by atoms with Gasteiger partial charge in [0.05, 0.1) is 17.8 Å². The van der Waals surface area contributed by atoms with Crippen molar-refractivity contribution >= 4 is 52.6 Å². The Kier molecular flexibility index (Phi) is 10.1. The molecule has 4 rings (SSSR count). The maximum atomic E-state index is 13.2. The number of hydrogen-bond donors (Lipinski definition) is 3.